The molecule has 2 aromatic carbocycles. The molecule has 0 saturated heterocycles. The molecule has 7 nitrogen and oxygen atoms in total. The lowest BCUT2D eigenvalue weighted by molar-refractivity contribution is -0.120. The Hall–Kier alpha value is -3.14. The number of hydrogen-bond acceptors (Lipinski definition) is 6. The van der Waals surface area contributed by atoms with E-state index < -0.39 is 5.92 Å². The molecule has 0 spiro atoms. The van der Waals surface area contributed by atoms with Crippen LogP contribution < -0.4 is 14.8 Å². The summed E-state index contributed by atoms with van der Waals surface area (Å²) >= 11 is 2.17. The molecular weight excluding hydrogens is 645 g/mol. The number of rotatable bonds is 7. The van der Waals surface area contributed by atoms with Crippen LogP contribution in [0.4, 0.5) is 5.69 Å². The number of aryl methyl sites for hydroxylation is 1. The average molecular weight is 684 g/mol. The number of benzene rings is 2. The summed E-state index contributed by atoms with van der Waals surface area (Å²) in [5, 5.41) is 2.85. The Morgan fingerprint density at radius 2 is 1.50 bits per heavy atom. The maximum atomic E-state index is 13.7. The molecule has 0 fully saturated rings. The van der Waals surface area contributed by atoms with Gasteiger partial charge in [-0.25, -0.2) is 0 Å². The first kappa shape index (κ1) is 30.3. The van der Waals surface area contributed by atoms with Gasteiger partial charge >= 0.3 is 0 Å². The van der Waals surface area contributed by atoms with Crippen molar-refractivity contribution in [3.8, 4) is 11.5 Å². The summed E-state index contributed by atoms with van der Waals surface area (Å²) in [6, 6.07) is 11.3. The van der Waals surface area contributed by atoms with Crippen molar-refractivity contribution in [2.45, 2.75) is 73.1 Å². The zero-order valence-electron chi connectivity index (χ0n) is 25.1. The predicted molar refractivity (Wildman–Crippen MR) is 170 cm³/mol. The van der Waals surface area contributed by atoms with Crippen molar-refractivity contribution < 1.29 is 28.6 Å². The highest BCUT2D eigenvalue weighted by Gasteiger charge is 2.48. The monoisotopic (exact) mass is 683 g/mol. The molecule has 8 heteroatoms. The van der Waals surface area contributed by atoms with Crippen molar-refractivity contribution in [1.82, 2.24) is 0 Å². The first-order valence-electron chi connectivity index (χ1n) is 14.4. The number of allylic oxidation sites excluding steroid dienone is 4. The third kappa shape index (κ3) is 6.28. The third-order valence-electron chi connectivity index (χ3n) is 7.93. The zero-order valence-corrected chi connectivity index (χ0v) is 27.3. The number of ether oxygens (including phenoxy) is 3. The summed E-state index contributed by atoms with van der Waals surface area (Å²) in [6.07, 6.45) is 2.03. The Kier molecular flexibility index (Phi) is 8.31. The van der Waals surface area contributed by atoms with E-state index in [-0.39, 0.29) is 34.9 Å². The Morgan fingerprint density at radius 1 is 0.929 bits per heavy atom. The van der Waals surface area contributed by atoms with Crippen molar-refractivity contribution in [3.05, 3.63) is 73.8 Å². The van der Waals surface area contributed by atoms with Crippen LogP contribution in [0.5, 0.6) is 11.5 Å². The van der Waals surface area contributed by atoms with E-state index in [1.807, 2.05) is 50.2 Å². The molecule has 5 rings (SSSR count). The van der Waals surface area contributed by atoms with E-state index in [1.165, 1.54) is 0 Å². The van der Waals surface area contributed by atoms with Crippen molar-refractivity contribution >= 4 is 45.8 Å². The van der Waals surface area contributed by atoms with Gasteiger partial charge in [-0.2, -0.15) is 0 Å². The molecule has 0 bridgehead atoms. The summed E-state index contributed by atoms with van der Waals surface area (Å²) < 4.78 is 19.2. The molecule has 1 aliphatic heterocycles. The molecule has 1 N–H and O–H groups in total. The van der Waals surface area contributed by atoms with Gasteiger partial charge in [0.05, 0.1) is 10.2 Å². The fraction of sp³-hybridized carbons (Fsp3) is 0.441. The Labute approximate surface area is 261 Å². The highest BCUT2D eigenvalue weighted by atomic mass is 127. The van der Waals surface area contributed by atoms with Crippen LogP contribution in [0, 0.1) is 21.3 Å². The molecule has 0 aromatic heterocycles. The van der Waals surface area contributed by atoms with Crippen molar-refractivity contribution in [2.24, 2.45) is 10.8 Å². The minimum atomic E-state index is -0.539. The highest BCUT2D eigenvalue weighted by molar-refractivity contribution is 14.1. The minimum absolute atomic E-state index is 0.0107. The molecule has 2 aromatic rings. The molecule has 222 valence electrons. The van der Waals surface area contributed by atoms with Crippen LogP contribution in [0.2, 0.25) is 0 Å². The number of nitrogens with one attached hydrogen (secondary N) is 1. The topological polar surface area (TPSA) is 90.9 Å². The number of carbonyl (C=O) groups excluding carboxylic acids is 3. The molecule has 42 heavy (non-hydrogen) atoms. The van der Waals surface area contributed by atoms with E-state index in [4.69, 9.17) is 14.2 Å². The van der Waals surface area contributed by atoms with Gasteiger partial charge in [0.15, 0.2) is 29.7 Å². The fourth-order valence-electron chi connectivity index (χ4n) is 6.14. The first-order chi connectivity index (χ1) is 19.8. The van der Waals surface area contributed by atoms with E-state index in [2.05, 4.69) is 55.6 Å². The summed E-state index contributed by atoms with van der Waals surface area (Å²) in [4.78, 5) is 40.0. The van der Waals surface area contributed by atoms with Crippen molar-refractivity contribution in [2.75, 3.05) is 18.5 Å². The minimum Gasteiger partial charge on any atom is -0.490 e. The van der Waals surface area contributed by atoms with Gasteiger partial charge in [0.2, 0.25) is 0 Å². The van der Waals surface area contributed by atoms with Crippen LogP contribution in [0.1, 0.15) is 77.3 Å². The largest absolute Gasteiger partial charge is 0.490 e. The lowest BCUT2D eigenvalue weighted by Gasteiger charge is -2.42. The predicted octanol–water partition coefficient (Wildman–Crippen LogP) is 7.42. The van der Waals surface area contributed by atoms with Crippen molar-refractivity contribution in [1.29, 1.82) is 0 Å². The van der Waals surface area contributed by atoms with Crippen LogP contribution in [0.15, 0.2) is 59.1 Å². The number of halogens is 1. The van der Waals surface area contributed by atoms with Gasteiger partial charge in [-0.05, 0) is 77.1 Å². The summed E-state index contributed by atoms with van der Waals surface area (Å²) in [5.74, 6) is 1.45. The Bertz CT molecular complexity index is 1460. The summed E-state index contributed by atoms with van der Waals surface area (Å²) in [7, 11) is 0. The van der Waals surface area contributed by atoms with Gasteiger partial charge in [0.25, 0.3) is 5.91 Å². The van der Waals surface area contributed by atoms with Gasteiger partial charge in [-0.1, -0.05) is 45.4 Å². The van der Waals surface area contributed by atoms with E-state index >= 15 is 0 Å². The molecular formula is C34H38INO6. The summed E-state index contributed by atoms with van der Waals surface area (Å²) in [6.45, 7) is 12.3. The molecule has 0 atom stereocenters. The number of Topliss-reactive ketones (excluding diaryl/α,β-unsaturated/α-hetero) is 2. The lowest BCUT2D eigenvalue weighted by Crippen LogP contribution is -2.37. The molecule has 1 amide bonds. The standard InChI is InChI=1S/C34H38INO6/c1-7-40-25-13-20(12-22(35)32(25)41-18-28(39)36-21-10-8-19(2)9-11-21)29-30-23(37)14-33(3,4)16-26(30)42-27-17-34(5,6)15-24(38)31(27)29/h8-13,29H,7,14-18H2,1-6H3,(H,36,39). The maximum Gasteiger partial charge on any atom is 0.262 e. The number of amides is 1. The molecule has 1 heterocycles. The van der Waals surface area contributed by atoms with Crippen molar-refractivity contribution in [3.63, 3.8) is 0 Å². The second-order valence-corrected chi connectivity index (χ2v) is 14.2. The Balaban J connectivity index is 1.52. The zero-order chi connectivity index (χ0) is 30.4. The molecule has 0 unspecified atom stereocenters. The second-order valence-electron chi connectivity index (χ2n) is 13.1. The van der Waals surface area contributed by atoms with E-state index in [1.54, 1.807) is 0 Å². The van der Waals surface area contributed by atoms with E-state index in [0.717, 1.165) is 14.7 Å². The first-order valence-corrected chi connectivity index (χ1v) is 15.5. The van der Waals surface area contributed by atoms with Crippen LogP contribution in [-0.4, -0.2) is 30.7 Å². The molecule has 3 aliphatic rings. The average Bonchev–Trinajstić information content (AvgIpc) is 2.87. The molecule has 2 aliphatic carbocycles. The van der Waals surface area contributed by atoms with Crippen LogP contribution in [0.3, 0.4) is 0 Å². The molecule has 0 saturated carbocycles. The fourth-order valence-corrected chi connectivity index (χ4v) is 6.92. The smallest absolute Gasteiger partial charge is 0.262 e. The number of carbonyl (C=O) groups is 3. The Morgan fingerprint density at radius 3 is 2.05 bits per heavy atom. The van der Waals surface area contributed by atoms with Gasteiger partial charge in [-0.15, -0.1) is 0 Å². The highest BCUT2D eigenvalue weighted by Crippen LogP contribution is 2.54. The van der Waals surface area contributed by atoms with Crippen LogP contribution >= 0.6 is 22.6 Å². The normalized spacial score (nSPS) is 19.6. The van der Waals surface area contributed by atoms with Gasteiger partial charge in [0.1, 0.15) is 11.5 Å². The second kappa shape index (κ2) is 11.5. The summed E-state index contributed by atoms with van der Waals surface area (Å²) in [5.41, 5.74) is 3.27. The van der Waals surface area contributed by atoms with Gasteiger partial charge in [0, 0.05) is 48.4 Å². The van der Waals surface area contributed by atoms with Crippen LogP contribution in [0.25, 0.3) is 0 Å². The maximum absolute atomic E-state index is 13.7. The number of hydrogen-bond donors (Lipinski definition) is 1. The van der Waals surface area contributed by atoms with E-state index in [0.29, 0.717) is 72.1 Å². The van der Waals surface area contributed by atoms with Gasteiger partial charge < -0.3 is 19.5 Å². The SMILES string of the molecule is CCOc1cc(C2C3=C(CC(C)(C)CC3=O)OC3=C2C(=O)CC(C)(C)C3)cc(I)c1OCC(=O)Nc1ccc(C)cc1. The number of anilines is 1. The number of ketones is 2. The third-order valence-corrected chi connectivity index (χ3v) is 8.73. The lowest BCUT2D eigenvalue weighted by atomic mass is 9.65. The quantitative estimate of drug-likeness (QED) is 0.306. The van der Waals surface area contributed by atoms with Crippen LogP contribution in [-0.2, 0) is 19.1 Å². The van der Waals surface area contributed by atoms with Gasteiger partial charge in [-0.3, -0.25) is 14.4 Å². The molecule has 0 radical (unpaired) electrons. The van der Waals surface area contributed by atoms with E-state index in [9.17, 15) is 14.4 Å².